The van der Waals surface area contributed by atoms with Gasteiger partial charge >= 0.3 is 0 Å². The minimum atomic E-state index is 0.0126. The van der Waals surface area contributed by atoms with Gasteiger partial charge in [-0.15, -0.1) is 0 Å². The first-order chi connectivity index (χ1) is 9.65. The van der Waals surface area contributed by atoms with Crippen LogP contribution in [0.4, 0.5) is 0 Å². The van der Waals surface area contributed by atoms with Crippen molar-refractivity contribution in [1.82, 2.24) is 0 Å². The summed E-state index contributed by atoms with van der Waals surface area (Å²) >= 11 is 3.55. The Morgan fingerprint density at radius 3 is 2.80 bits per heavy atom. The van der Waals surface area contributed by atoms with E-state index < -0.39 is 0 Å². The van der Waals surface area contributed by atoms with Crippen LogP contribution in [-0.2, 0) is 0 Å². The van der Waals surface area contributed by atoms with Gasteiger partial charge in [0, 0.05) is 22.5 Å². The molecule has 1 aromatic carbocycles. The van der Waals surface area contributed by atoms with Crippen molar-refractivity contribution in [3.8, 4) is 5.75 Å². The van der Waals surface area contributed by atoms with Crippen molar-refractivity contribution in [3.05, 3.63) is 28.2 Å². The summed E-state index contributed by atoms with van der Waals surface area (Å²) in [7, 11) is 0. The molecule has 0 radical (unpaired) electrons. The summed E-state index contributed by atoms with van der Waals surface area (Å²) in [6, 6.07) is 6.40. The molecule has 2 aliphatic carbocycles. The number of hydrogen-bond acceptors (Lipinski definition) is 2. The highest BCUT2D eigenvalue weighted by Crippen LogP contribution is 2.52. The summed E-state index contributed by atoms with van der Waals surface area (Å²) in [5.74, 6) is 2.87. The zero-order valence-electron chi connectivity index (χ0n) is 11.8. The van der Waals surface area contributed by atoms with Crippen LogP contribution in [0.2, 0.25) is 0 Å². The van der Waals surface area contributed by atoms with Crippen LogP contribution >= 0.6 is 15.9 Å². The van der Waals surface area contributed by atoms with Crippen molar-refractivity contribution in [2.24, 2.45) is 17.6 Å². The zero-order chi connectivity index (χ0) is 13.7. The molecular formula is C17H22BrNO. The lowest BCUT2D eigenvalue weighted by Crippen LogP contribution is -2.46. The fourth-order valence-corrected chi connectivity index (χ4v) is 4.65. The number of fused-ring (bicyclic) bond motifs is 1. The molecule has 2 unspecified atom stereocenters. The maximum absolute atomic E-state index is 6.51. The van der Waals surface area contributed by atoms with Crippen molar-refractivity contribution in [3.63, 3.8) is 0 Å². The Kier molecular flexibility index (Phi) is 3.11. The summed E-state index contributed by atoms with van der Waals surface area (Å²) < 4.78 is 7.59. The molecule has 108 valence electrons. The smallest absolute Gasteiger partial charge is 0.126 e. The molecule has 20 heavy (non-hydrogen) atoms. The molecule has 2 saturated carbocycles. The number of nitrogens with two attached hydrogens (primary N) is 1. The van der Waals surface area contributed by atoms with E-state index in [9.17, 15) is 0 Å². The number of halogens is 1. The Balaban J connectivity index is 1.63. The molecule has 4 rings (SSSR count). The third kappa shape index (κ3) is 2.29. The van der Waals surface area contributed by atoms with E-state index >= 15 is 0 Å². The molecule has 1 spiro atoms. The Labute approximate surface area is 129 Å². The lowest BCUT2D eigenvalue weighted by atomic mass is 9.71. The van der Waals surface area contributed by atoms with E-state index in [2.05, 4.69) is 34.1 Å². The van der Waals surface area contributed by atoms with Gasteiger partial charge in [0.05, 0.1) is 0 Å². The van der Waals surface area contributed by atoms with Crippen LogP contribution in [0.15, 0.2) is 22.7 Å². The Hall–Kier alpha value is -0.540. The second-order valence-electron chi connectivity index (χ2n) is 6.97. The standard InChI is InChI=1S/C17H22BrNO/c18-13-5-6-14-15(19)10-17(20-16(14)8-13)7-1-2-12(9-17)11-3-4-11/h5-6,8,11-12,15H,1-4,7,9-10,19H2/t12?,15-,17?/m0/s1. The topological polar surface area (TPSA) is 35.2 Å². The summed E-state index contributed by atoms with van der Waals surface area (Å²) in [5, 5.41) is 0. The Bertz CT molecular complexity index is 528. The molecular weight excluding hydrogens is 314 g/mol. The van der Waals surface area contributed by atoms with Crippen LogP contribution in [-0.4, -0.2) is 5.60 Å². The van der Waals surface area contributed by atoms with Crippen molar-refractivity contribution in [2.75, 3.05) is 0 Å². The molecule has 0 amide bonds. The van der Waals surface area contributed by atoms with E-state index in [4.69, 9.17) is 10.5 Å². The monoisotopic (exact) mass is 335 g/mol. The summed E-state index contributed by atoms with van der Waals surface area (Å²) in [6.45, 7) is 0. The average Bonchev–Trinajstić information content (AvgIpc) is 3.22. The molecule has 3 atom stereocenters. The first kappa shape index (κ1) is 13.1. The van der Waals surface area contributed by atoms with Crippen LogP contribution in [0, 0.1) is 11.8 Å². The molecule has 1 aliphatic heterocycles. The predicted octanol–water partition coefficient (Wildman–Crippen LogP) is 4.57. The summed E-state index contributed by atoms with van der Waals surface area (Å²) in [4.78, 5) is 0. The van der Waals surface area contributed by atoms with Crippen LogP contribution in [0.3, 0.4) is 0 Å². The van der Waals surface area contributed by atoms with Gasteiger partial charge in [-0.05, 0) is 62.5 Å². The first-order valence-electron chi connectivity index (χ1n) is 7.89. The Morgan fingerprint density at radius 2 is 2.00 bits per heavy atom. The van der Waals surface area contributed by atoms with Gasteiger partial charge < -0.3 is 10.5 Å². The normalized spacial score (nSPS) is 36.5. The molecule has 3 heteroatoms. The van der Waals surface area contributed by atoms with Crippen molar-refractivity contribution in [1.29, 1.82) is 0 Å². The Morgan fingerprint density at radius 1 is 1.15 bits per heavy atom. The fourth-order valence-electron chi connectivity index (χ4n) is 4.31. The summed E-state index contributed by atoms with van der Waals surface area (Å²) in [6.07, 6.45) is 8.97. The van der Waals surface area contributed by atoms with Crippen molar-refractivity contribution < 1.29 is 4.74 Å². The lowest BCUT2D eigenvalue weighted by molar-refractivity contribution is -0.0208. The quantitative estimate of drug-likeness (QED) is 0.815. The van der Waals surface area contributed by atoms with Crippen molar-refractivity contribution >= 4 is 15.9 Å². The first-order valence-corrected chi connectivity index (χ1v) is 8.69. The van der Waals surface area contributed by atoms with Gasteiger partial charge in [0.15, 0.2) is 0 Å². The van der Waals surface area contributed by atoms with E-state index in [1.165, 1.54) is 44.1 Å². The lowest BCUT2D eigenvalue weighted by Gasteiger charge is -2.46. The SMILES string of the molecule is N[C@H]1CC2(CCCC(C3CC3)C2)Oc2cc(Br)ccc21. The van der Waals surface area contributed by atoms with Crippen LogP contribution in [0.5, 0.6) is 5.75 Å². The number of hydrogen-bond donors (Lipinski definition) is 1. The number of rotatable bonds is 1. The highest BCUT2D eigenvalue weighted by molar-refractivity contribution is 9.10. The maximum Gasteiger partial charge on any atom is 0.126 e. The van der Waals surface area contributed by atoms with E-state index in [-0.39, 0.29) is 11.6 Å². The van der Waals surface area contributed by atoms with Gasteiger partial charge in [0.2, 0.25) is 0 Å². The molecule has 2 N–H and O–H groups in total. The van der Waals surface area contributed by atoms with Crippen LogP contribution < -0.4 is 10.5 Å². The molecule has 3 aliphatic rings. The van der Waals surface area contributed by atoms with E-state index in [0.717, 1.165) is 28.5 Å². The highest BCUT2D eigenvalue weighted by atomic mass is 79.9. The fraction of sp³-hybridized carbons (Fsp3) is 0.647. The molecule has 0 saturated heterocycles. The van der Waals surface area contributed by atoms with Gasteiger partial charge in [0.1, 0.15) is 11.4 Å². The third-order valence-electron chi connectivity index (χ3n) is 5.42. The second kappa shape index (κ2) is 4.74. The molecule has 0 aromatic heterocycles. The van der Waals surface area contributed by atoms with Gasteiger partial charge in [-0.3, -0.25) is 0 Å². The molecule has 0 bridgehead atoms. The summed E-state index contributed by atoms with van der Waals surface area (Å²) in [5.41, 5.74) is 7.63. The largest absolute Gasteiger partial charge is 0.487 e. The average molecular weight is 336 g/mol. The van der Waals surface area contributed by atoms with Crippen molar-refractivity contribution in [2.45, 2.75) is 56.6 Å². The third-order valence-corrected chi connectivity index (χ3v) is 5.92. The number of ether oxygens (including phenoxy) is 1. The van der Waals surface area contributed by atoms with E-state index in [1.54, 1.807) is 0 Å². The second-order valence-corrected chi connectivity index (χ2v) is 7.89. The minimum Gasteiger partial charge on any atom is -0.487 e. The molecule has 2 nitrogen and oxygen atoms in total. The molecule has 2 fully saturated rings. The molecule has 1 heterocycles. The van der Waals surface area contributed by atoms with Gasteiger partial charge in [0.25, 0.3) is 0 Å². The van der Waals surface area contributed by atoms with Gasteiger partial charge in [-0.25, -0.2) is 0 Å². The van der Waals surface area contributed by atoms with Crippen LogP contribution in [0.25, 0.3) is 0 Å². The van der Waals surface area contributed by atoms with Gasteiger partial charge in [-0.2, -0.15) is 0 Å². The highest BCUT2D eigenvalue weighted by Gasteiger charge is 2.46. The molecule has 1 aromatic rings. The number of benzene rings is 1. The zero-order valence-corrected chi connectivity index (χ0v) is 13.4. The van der Waals surface area contributed by atoms with E-state index in [1.807, 2.05) is 0 Å². The van der Waals surface area contributed by atoms with Crippen LogP contribution in [0.1, 0.15) is 56.6 Å². The maximum atomic E-state index is 6.51. The minimum absolute atomic E-state index is 0.0126. The van der Waals surface area contributed by atoms with E-state index in [0.29, 0.717) is 0 Å². The van der Waals surface area contributed by atoms with Gasteiger partial charge in [-0.1, -0.05) is 22.0 Å². The predicted molar refractivity (Wildman–Crippen MR) is 83.7 cm³/mol.